The molecule has 1 aliphatic carbocycles. The lowest BCUT2D eigenvalue weighted by Crippen LogP contribution is -2.21. The third kappa shape index (κ3) is 9.77. The van der Waals surface area contributed by atoms with Gasteiger partial charge in [-0.2, -0.15) is 0 Å². The lowest BCUT2D eigenvalue weighted by atomic mass is 9.83. The zero-order chi connectivity index (χ0) is 15.4. The van der Waals surface area contributed by atoms with Gasteiger partial charge in [0.25, 0.3) is 0 Å². The third-order valence-electron chi connectivity index (χ3n) is 3.83. The van der Waals surface area contributed by atoms with Crippen LogP contribution in [0.3, 0.4) is 0 Å². The second-order valence-corrected chi connectivity index (χ2v) is 6.32. The number of rotatable bonds is 7. The van der Waals surface area contributed by atoms with Gasteiger partial charge in [-0.05, 0) is 48.9 Å². The van der Waals surface area contributed by atoms with E-state index in [4.69, 9.17) is 23.2 Å². The standard InChI is InChI=1S/C8H10Cl2O2.C8H18/c9-7(11)5-1-2-6(4-3-5)8(10)12;1-3-5-7-8-6-4-2/h5-6H,1-4H2;3-8H2,1-2H3. The van der Waals surface area contributed by atoms with Gasteiger partial charge in [-0.15, -0.1) is 0 Å². The summed E-state index contributed by atoms with van der Waals surface area (Å²) in [5.41, 5.74) is 0. The Labute approximate surface area is 133 Å². The Morgan fingerprint density at radius 3 is 1.25 bits per heavy atom. The average molecular weight is 323 g/mol. The van der Waals surface area contributed by atoms with Crippen LogP contribution >= 0.6 is 23.2 Å². The fraction of sp³-hybridized carbons (Fsp3) is 0.875. The Morgan fingerprint density at radius 1 is 0.750 bits per heavy atom. The second-order valence-electron chi connectivity index (χ2n) is 5.57. The van der Waals surface area contributed by atoms with Gasteiger partial charge in [0.1, 0.15) is 0 Å². The first-order valence-corrected chi connectivity index (χ1v) is 8.67. The van der Waals surface area contributed by atoms with Crippen molar-refractivity contribution in [3.8, 4) is 0 Å². The van der Waals surface area contributed by atoms with Crippen LogP contribution in [0.25, 0.3) is 0 Å². The Kier molecular flexibility index (Phi) is 12.6. The number of unbranched alkanes of at least 4 members (excludes halogenated alkanes) is 5. The number of hydrogen-bond donors (Lipinski definition) is 0. The van der Waals surface area contributed by atoms with Crippen LogP contribution in [-0.2, 0) is 9.59 Å². The molecule has 1 fully saturated rings. The van der Waals surface area contributed by atoms with E-state index in [0.717, 1.165) is 0 Å². The Bertz CT molecular complexity index is 244. The first kappa shape index (κ1) is 19.9. The molecule has 1 aliphatic rings. The van der Waals surface area contributed by atoms with Gasteiger partial charge >= 0.3 is 0 Å². The van der Waals surface area contributed by atoms with Crippen LogP contribution in [-0.4, -0.2) is 10.5 Å². The van der Waals surface area contributed by atoms with Gasteiger partial charge in [-0.3, -0.25) is 9.59 Å². The van der Waals surface area contributed by atoms with Gasteiger partial charge in [0, 0.05) is 11.8 Å². The molecule has 0 unspecified atom stereocenters. The first-order valence-electron chi connectivity index (χ1n) is 7.91. The highest BCUT2D eigenvalue weighted by molar-refractivity contribution is 6.64. The SMILES string of the molecule is CCCCCCCC.O=C(Cl)C1CCC(C(=O)Cl)CC1. The van der Waals surface area contributed by atoms with E-state index in [-0.39, 0.29) is 22.3 Å². The summed E-state index contributed by atoms with van der Waals surface area (Å²) in [7, 11) is 0. The summed E-state index contributed by atoms with van der Waals surface area (Å²) in [6, 6.07) is 0. The van der Waals surface area contributed by atoms with E-state index in [1.165, 1.54) is 38.5 Å². The van der Waals surface area contributed by atoms with E-state index in [9.17, 15) is 9.59 Å². The van der Waals surface area contributed by atoms with Crippen LogP contribution in [0.5, 0.6) is 0 Å². The van der Waals surface area contributed by atoms with E-state index in [1.54, 1.807) is 0 Å². The van der Waals surface area contributed by atoms with Crippen molar-refractivity contribution in [3.63, 3.8) is 0 Å². The molecular formula is C16H28Cl2O2. The van der Waals surface area contributed by atoms with Crippen LogP contribution < -0.4 is 0 Å². The fourth-order valence-electron chi connectivity index (χ4n) is 2.40. The maximum absolute atomic E-state index is 10.7. The molecule has 0 N–H and O–H groups in total. The van der Waals surface area contributed by atoms with Gasteiger partial charge in [0.2, 0.25) is 10.5 Å². The Hall–Kier alpha value is -0.0800. The minimum atomic E-state index is -0.282. The second kappa shape index (κ2) is 12.6. The number of carbonyl (C=O) groups is 2. The molecule has 20 heavy (non-hydrogen) atoms. The van der Waals surface area contributed by atoms with E-state index in [0.29, 0.717) is 25.7 Å². The molecule has 0 amide bonds. The van der Waals surface area contributed by atoms with Crippen LogP contribution in [0.4, 0.5) is 0 Å². The molecule has 0 radical (unpaired) electrons. The zero-order valence-corrected chi connectivity index (χ0v) is 14.3. The maximum Gasteiger partial charge on any atom is 0.224 e. The van der Waals surface area contributed by atoms with Crippen LogP contribution in [0.15, 0.2) is 0 Å². The summed E-state index contributed by atoms with van der Waals surface area (Å²) in [6.07, 6.45) is 11.3. The van der Waals surface area contributed by atoms with Crippen molar-refractivity contribution < 1.29 is 9.59 Å². The summed E-state index contributed by atoms with van der Waals surface area (Å²) in [6.45, 7) is 4.51. The lowest BCUT2D eigenvalue weighted by molar-refractivity contribution is -0.120. The third-order valence-corrected chi connectivity index (χ3v) is 4.44. The predicted molar refractivity (Wildman–Crippen MR) is 86.2 cm³/mol. The topological polar surface area (TPSA) is 34.1 Å². The van der Waals surface area contributed by atoms with E-state index < -0.39 is 0 Å². The lowest BCUT2D eigenvalue weighted by Gasteiger charge is -2.23. The number of halogens is 2. The summed E-state index contributed by atoms with van der Waals surface area (Å²) < 4.78 is 0. The fourth-order valence-corrected chi connectivity index (χ4v) is 2.84. The van der Waals surface area contributed by atoms with E-state index in [2.05, 4.69) is 13.8 Å². The summed E-state index contributed by atoms with van der Waals surface area (Å²) in [4.78, 5) is 21.4. The van der Waals surface area contributed by atoms with Crippen molar-refractivity contribution in [2.45, 2.75) is 78.1 Å². The summed E-state index contributed by atoms with van der Waals surface area (Å²) in [5, 5.41) is -0.564. The molecule has 2 nitrogen and oxygen atoms in total. The minimum absolute atomic E-state index is 0.0565. The van der Waals surface area contributed by atoms with Crippen LogP contribution in [0, 0.1) is 11.8 Å². The molecule has 0 aromatic carbocycles. The highest BCUT2D eigenvalue weighted by atomic mass is 35.5. The van der Waals surface area contributed by atoms with Crippen LogP contribution in [0.1, 0.15) is 78.1 Å². The molecule has 0 atom stereocenters. The highest BCUT2D eigenvalue weighted by Gasteiger charge is 2.27. The molecule has 0 aromatic rings. The predicted octanol–water partition coefficient (Wildman–Crippen LogP) is 5.69. The van der Waals surface area contributed by atoms with Crippen molar-refractivity contribution in [2.24, 2.45) is 11.8 Å². The molecule has 118 valence electrons. The molecule has 0 aromatic heterocycles. The van der Waals surface area contributed by atoms with Crippen molar-refractivity contribution in [1.29, 1.82) is 0 Å². The Morgan fingerprint density at radius 2 is 1.05 bits per heavy atom. The van der Waals surface area contributed by atoms with Crippen molar-refractivity contribution in [2.75, 3.05) is 0 Å². The molecule has 1 saturated carbocycles. The first-order chi connectivity index (χ1) is 9.52. The number of carbonyl (C=O) groups excluding carboxylic acids is 2. The van der Waals surface area contributed by atoms with Gasteiger partial charge in [-0.25, -0.2) is 0 Å². The molecule has 0 bridgehead atoms. The number of hydrogen-bond acceptors (Lipinski definition) is 2. The average Bonchev–Trinajstić information content (AvgIpc) is 2.44. The minimum Gasteiger partial charge on any atom is -0.281 e. The quantitative estimate of drug-likeness (QED) is 0.445. The Balaban J connectivity index is 0.000000396. The van der Waals surface area contributed by atoms with Gasteiger partial charge in [-0.1, -0.05) is 52.4 Å². The van der Waals surface area contributed by atoms with E-state index in [1.807, 2.05) is 0 Å². The maximum atomic E-state index is 10.7. The van der Waals surface area contributed by atoms with Crippen LogP contribution in [0.2, 0.25) is 0 Å². The molecular weight excluding hydrogens is 295 g/mol. The zero-order valence-electron chi connectivity index (χ0n) is 12.8. The molecule has 4 heteroatoms. The molecule has 0 heterocycles. The van der Waals surface area contributed by atoms with Gasteiger partial charge < -0.3 is 0 Å². The smallest absolute Gasteiger partial charge is 0.224 e. The van der Waals surface area contributed by atoms with Gasteiger partial charge in [0.15, 0.2) is 0 Å². The van der Waals surface area contributed by atoms with Crippen molar-refractivity contribution >= 4 is 33.7 Å². The molecule has 1 rings (SSSR count). The van der Waals surface area contributed by atoms with Crippen molar-refractivity contribution in [3.05, 3.63) is 0 Å². The van der Waals surface area contributed by atoms with E-state index >= 15 is 0 Å². The van der Waals surface area contributed by atoms with Crippen molar-refractivity contribution in [1.82, 2.24) is 0 Å². The highest BCUT2D eigenvalue weighted by Crippen LogP contribution is 2.31. The van der Waals surface area contributed by atoms with Gasteiger partial charge in [0.05, 0.1) is 0 Å². The summed E-state index contributed by atoms with van der Waals surface area (Å²) in [5.74, 6) is -0.113. The monoisotopic (exact) mass is 322 g/mol. The molecule has 0 aliphatic heterocycles. The molecule has 0 spiro atoms. The normalized spacial score (nSPS) is 21.8. The summed E-state index contributed by atoms with van der Waals surface area (Å²) >= 11 is 10.7. The molecule has 0 saturated heterocycles. The largest absolute Gasteiger partial charge is 0.281 e.